The molecule has 1 fully saturated rings. The van der Waals surface area contributed by atoms with Crippen molar-refractivity contribution in [3.05, 3.63) is 24.3 Å². The average molecular weight is 346 g/mol. The molecule has 6 heteroatoms. The van der Waals surface area contributed by atoms with E-state index in [-0.39, 0.29) is 6.09 Å². The van der Waals surface area contributed by atoms with Crippen LogP contribution in [0.1, 0.15) is 40.0 Å². The number of piperidine rings is 1. The Labute approximate surface area is 148 Å². The van der Waals surface area contributed by atoms with Crippen LogP contribution in [0.15, 0.2) is 28.7 Å². The van der Waals surface area contributed by atoms with Gasteiger partial charge in [-0.1, -0.05) is 12.1 Å². The van der Waals surface area contributed by atoms with E-state index in [0.717, 1.165) is 36.9 Å². The summed E-state index contributed by atoms with van der Waals surface area (Å²) in [6.45, 7) is 7.67. The molecule has 1 aromatic carbocycles. The third kappa shape index (κ3) is 4.87. The zero-order valence-electron chi connectivity index (χ0n) is 15.2. The van der Waals surface area contributed by atoms with Crippen LogP contribution < -0.4 is 4.74 Å². The smallest absolute Gasteiger partial charge is 0.410 e. The molecule has 1 saturated heterocycles. The molecule has 0 bridgehead atoms. The van der Waals surface area contributed by atoms with Crippen molar-refractivity contribution in [3.63, 3.8) is 0 Å². The monoisotopic (exact) mass is 346 g/mol. The molecule has 2 heterocycles. The van der Waals surface area contributed by atoms with Gasteiger partial charge in [0, 0.05) is 13.1 Å². The van der Waals surface area contributed by atoms with Crippen LogP contribution in [0.25, 0.3) is 11.1 Å². The van der Waals surface area contributed by atoms with Crippen LogP contribution in [0.3, 0.4) is 0 Å². The molecule has 0 saturated carbocycles. The molecule has 1 amide bonds. The number of carbonyl (C=O) groups is 1. The quantitative estimate of drug-likeness (QED) is 0.828. The molecule has 6 nitrogen and oxygen atoms in total. The van der Waals surface area contributed by atoms with Gasteiger partial charge < -0.3 is 18.8 Å². The maximum Gasteiger partial charge on any atom is 0.410 e. The highest BCUT2D eigenvalue weighted by Gasteiger charge is 2.27. The summed E-state index contributed by atoms with van der Waals surface area (Å²) in [7, 11) is 0. The van der Waals surface area contributed by atoms with E-state index in [0.29, 0.717) is 25.1 Å². The lowest BCUT2D eigenvalue weighted by molar-refractivity contribution is 0.0152. The third-order valence-corrected chi connectivity index (χ3v) is 4.20. The third-order valence-electron chi connectivity index (χ3n) is 4.20. The molecule has 1 aliphatic rings. The number of carbonyl (C=O) groups excluding carboxylic acids is 1. The number of nitrogens with zero attached hydrogens (tertiary/aromatic N) is 2. The molecule has 2 aromatic rings. The zero-order chi connectivity index (χ0) is 17.9. The van der Waals surface area contributed by atoms with Crippen LogP contribution in [0.4, 0.5) is 4.79 Å². The number of likely N-dealkylation sites (tertiary alicyclic amines) is 1. The second-order valence-corrected chi connectivity index (χ2v) is 7.52. The first-order chi connectivity index (χ1) is 11.9. The van der Waals surface area contributed by atoms with Crippen LogP contribution in [0, 0.1) is 5.92 Å². The van der Waals surface area contributed by atoms with Crippen molar-refractivity contribution in [2.45, 2.75) is 45.6 Å². The number of benzene rings is 1. The van der Waals surface area contributed by atoms with Gasteiger partial charge in [0.15, 0.2) is 5.58 Å². The molecule has 0 N–H and O–H groups in total. The lowest BCUT2D eigenvalue weighted by atomic mass is 9.95. The van der Waals surface area contributed by atoms with Crippen molar-refractivity contribution in [2.75, 3.05) is 19.7 Å². The minimum absolute atomic E-state index is 0.225. The number of hydrogen-bond donors (Lipinski definition) is 0. The van der Waals surface area contributed by atoms with Gasteiger partial charge in [-0.05, 0) is 58.1 Å². The number of rotatable bonds is 4. The minimum Gasteiger partial charge on any atom is -0.450 e. The van der Waals surface area contributed by atoms with Crippen molar-refractivity contribution in [2.24, 2.45) is 5.92 Å². The van der Waals surface area contributed by atoms with E-state index in [1.165, 1.54) is 0 Å². The van der Waals surface area contributed by atoms with E-state index in [2.05, 4.69) is 4.98 Å². The second-order valence-electron chi connectivity index (χ2n) is 7.52. The van der Waals surface area contributed by atoms with E-state index in [9.17, 15) is 4.79 Å². The van der Waals surface area contributed by atoms with Gasteiger partial charge >= 0.3 is 12.2 Å². The zero-order valence-corrected chi connectivity index (χ0v) is 15.2. The summed E-state index contributed by atoms with van der Waals surface area (Å²) in [6, 6.07) is 7.59. The Balaban J connectivity index is 1.47. The standard InChI is InChI=1S/C19H26N2O4/c1-19(2,3)25-18(22)21-11-6-7-14(13-21)10-12-23-17-20-15-8-4-5-9-16(15)24-17/h4-5,8-9,14H,6-7,10-13H2,1-3H3/t14-/m0/s1. The maximum atomic E-state index is 12.2. The lowest BCUT2D eigenvalue weighted by Gasteiger charge is -2.34. The molecule has 1 atom stereocenters. The fourth-order valence-corrected chi connectivity index (χ4v) is 3.02. The Hall–Kier alpha value is -2.24. The summed E-state index contributed by atoms with van der Waals surface area (Å²) < 4.78 is 16.7. The summed E-state index contributed by atoms with van der Waals surface area (Å²) in [4.78, 5) is 18.3. The average Bonchev–Trinajstić information content (AvgIpc) is 2.96. The van der Waals surface area contributed by atoms with Crippen LogP contribution in [-0.2, 0) is 4.74 Å². The molecule has 3 rings (SSSR count). The number of aromatic nitrogens is 1. The molecule has 136 valence electrons. The van der Waals surface area contributed by atoms with Crippen molar-refractivity contribution >= 4 is 17.2 Å². The van der Waals surface area contributed by atoms with E-state index in [4.69, 9.17) is 13.9 Å². The molecule has 0 radical (unpaired) electrons. The van der Waals surface area contributed by atoms with Gasteiger partial charge in [0.05, 0.1) is 6.61 Å². The fraction of sp³-hybridized carbons (Fsp3) is 0.579. The number of amides is 1. The lowest BCUT2D eigenvalue weighted by Crippen LogP contribution is -2.43. The molecular weight excluding hydrogens is 320 g/mol. The minimum atomic E-state index is -0.458. The highest BCUT2D eigenvalue weighted by atomic mass is 16.6. The predicted octanol–water partition coefficient (Wildman–Crippen LogP) is 4.24. The normalized spacial score (nSPS) is 18.4. The van der Waals surface area contributed by atoms with Gasteiger partial charge in [0.2, 0.25) is 0 Å². The van der Waals surface area contributed by atoms with Crippen molar-refractivity contribution in [3.8, 4) is 6.08 Å². The van der Waals surface area contributed by atoms with Crippen molar-refractivity contribution in [1.82, 2.24) is 9.88 Å². The molecule has 0 spiro atoms. The van der Waals surface area contributed by atoms with E-state index in [1.54, 1.807) is 4.90 Å². The highest BCUT2D eigenvalue weighted by molar-refractivity contribution is 5.72. The largest absolute Gasteiger partial charge is 0.450 e. The van der Waals surface area contributed by atoms with Gasteiger partial charge in [0.25, 0.3) is 0 Å². The predicted molar refractivity (Wildman–Crippen MR) is 94.7 cm³/mol. The first-order valence-corrected chi connectivity index (χ1v) is 8.87. The number of fused-ring (bicyclic) bond motifs is 1. The van der Waals surface area contributed by atoms with Crippen molar-refractivity contribution < 1.29 is 18.7 Å². The molecule has 1 aliphatic heterocycles. The number of para-hydroxylation sites is 2. The molecule has 25 heavy (non-hydrogen) atoms. The topological polar surface area (TPSA) is 64.8 Å². The van der Waals surface area contributed by atoms with E-state index >= 15 is 0 Å². The Bertz CT molecular complexity index is 687. The summed E-state index contributed by atoms with van der Waals surface area (Å²) in [5.74, 6) is 0.408. The first-order valence-electron chi connectivity index (χ1n) is 8.87. The van der Waals surface area contributed by atoms with Crippen LogP contribution in [-0.4, -0.2) is 41.3 Å². The second kappa shape index (κ2) is 7.33. The first kappa shape index (κ1) is 17.6. The van der Waals surface area contributed by atoms with E-state index < -0.39 is 5.60 Å². The summed E-state index contributed by atoms with van der Waals surface area (Å²) in [5.41, 5.74) is 1.07. The van der Waals surface area contributed by atoms with Crippen LogP contribution in [0.5, 0.6) is 6.08 Å². The summed E-state index contributed by atoms with van der Waals surface area (Å²) >= 11 is 0. The molecule has 0 unspecified atom stereocenters. The van der Waals surface area contributed by atoms with Gasteiger partial charge in [-0.2, -0.15) is 4.98 Å². The van der Waals surface area contributed by atoms with Gasteiger partial charge in [0.1, 0.15) is 11.1 Å². The molecule has 0 aliphatic carbocycles. The number of hydrogen-bond acceptors (Lipinski definition) is 5. The number of ether oxygens (including phenoxy) is 2. The van der Waals surface area contributed by atoms with Crippen molar-refractivity contribution in [1.29, 1.82) is 0 Å². The number of oxazole rings is 1. The Morgan fingerprint density at radius 2 is 2.16 bits per heavy atom. The van der Waals surface area contributed by atoms with Gasteiger partial charge in [-0.15, -0.1) is 0 Å². The SMILES string of the molecule is CC(C)(C)OC(=O)N1CCC[C@@H](CCOc2nc3ccccc3o2)C1. The Morgan fingerprint density at radius 1 is 1.36 bits per heavy atom. The summed E-state index contributed by atoms with van der Waals surface area (Å²) in [5, 5.41) is 0. The molecular formula is C19H26N2O4. The van der Waals surface area contributed by atoms with Gasteiger partial charge in [-0.3, -0.25) is 0 Å². The van der Waals surface area contributed by atoms with Gasteiger partial charge in [-0.25, -0.2) is 4.79 Å². The fourth-order valence-electron chi connectivity index (χ4n) is 3.02. The summed E-state index contributed by atoms with van der Waals surface area (Å²) in [6.07, 6.45) is 3.03. The Kier molecular flexibility index (Phi) is 5.16. The van der Waals surface area contributed by atoms with Crippen LogP contribution >= 0.6 is 0 Å². The maximum absolute atomic E-state index is 12.2. The van der Waals surface area contributed by atoms with Crippen LogP contribution in [0.2, 0.25) is 0 Å². The van der Waals surface area contributed by atoms with E-state index in [1.807, 2.05) is 45.0 Å². The Morgan fingerprint density at radius 3 is 2.92 bits per heavy atom. The molecule has 1 aromatic heterocycles. The highest BCUT2D eigenvalue weighted by Crippen LogP contribution is 2.23.